The highest BCUT2D eigenvalue weighted by molar-refractivity contribution is 5.28. The van der Waals surface area contributed by atoms with Gasteiger partial charge < -0.3 is 9.73 Å². The van der Waals surface area contributed by atoms with Gasteiger partial charge in [-0.25, -0.2) is 0 Å². The summed E-state index contributed by atoms with van der Waals surface area (Å²) in [7, 11) is 2.14. The van der Waals surface area contributed by atoms with Crippen LogP contribution < -0.4 is 5.32 Å². The largest absolute Gasteiger partial charge is 0.468 e. The van der Waals surface area contributed by atoms with Gasteiger partial charge in [0.15, 0.2) is 0 Å². The third-order valence-electron chi connectivity index (χ3n) is 3.82. The van der Waals surface area contributed by atoms with E-state index in [-0.39, 0.29) is 0 Å². The Morgan fingerprint density at radius 1 is 1.19 bits per heavy atom. The first-order valence-corrected chi connectivity index (χ1v) is 7.70. The van der Waals surface area contributed by atoms with Gasteiger partial charge in [0.1, 0.15) is 5.76 Å². The van der Waals surface area contributed by atoms with Crippen molar-refractivity contribution in [2.75, 3.05) is 20.1 Å². The number of rotatable bonds is 8. The van der Waals surface area contributed by atoms with E-state index in [1.165, 1.54) is 11.1 Å². The number of aryl methyl sites for hydroxylation is 1. The standard InChI is InChI=1S/C18H26N2O/c1-4-19-18(17-10-6-5-8-15(17)2)11-12-20(3)14-16-9-7-13-21-16/h5-10,13,18-19H,4,11-12,14H2,1-3H3. The molecular weight excluding hydrogens is 260 g/mol. The molecule has 0 bridgehead atoms. The molecule has 1 aromatic carbocycles. The predicted molar refractivity (Wildman–Crippen MR) is 87.3 cm³/mol. The molecule has 0 saturated heterocycles. The SMILES string of the molecule is CCNC(CCN(C)Cc1ccco1)c1ccccc1C. The van der Waals surface area contributed by atoms with E-state index in [0.29, 0.717) is 6.04 Å². The second-order valence-corrected chi connectivity index (χ2v) is 5.57. The summed E-state index contributed by atoms with van der Waals surface area (Å²) in [5, 5.41) is 3.60. The minimum Gasteiger partial charge on any atom is -0.468 e. The molecule has 0 amide bonds. The zero-order valence-corrected chi connectivity index (χ0v) is 13.3. The lowest BCUT2D eigenvalue weighted by Gasteiger charge is -2.23. The number of nitrogens with one attached hydrogen (secondary N) is 1. The van der Waals surface area contributed by atoms with Crippen LogP contribution in [0.5, 0.6) is 0 Å². The third-order valence-corrected chi connectivity index (χ3v) is 3.82. The summed E-state index contributed by atoms with van der Waals surface area (Å²) in [5.41, 5.74) is 2.77. The lowest BCUT2D eigenvalue weighted by molar-refractivity contribution is 0.276. The van der Waals surface area contributed by atoms with Crippen LogP contribution in [0.15, 0.2) is 47.1 Å². The summed E-state index contributed by atoms with van der Waals surface area (Å²) >= 11 is 0. The molecule has 2 rings (SSSR count). The molecule has 0 saturated carbocycles. The van der Waals surface area contributed by atoms with E-state index in [2.05, 4.69) is 55.4 Å². The van der Waals surface area contributed by atoms with E-state index >= 15 is 0 Å². The molecule has 0 radical (unpaired) electrons. The van der Waals surface area contributed by atoms with Crippen LogP contribution in [0.1, 0.15) is 36.3 Å². The third kappa shape index (κ3) is 4.73. The van der Waals surface area contributed by atoms with Crippen LogP contribution in [0.2, 0.25) is 0 Å². The van der Waals surface area contributed by atoms with Crippen molar-refractivity contribution in [3.8, 4) is 0 Å². The monoisotopic (exact) mass is 286 g/mol. The van der Waals surface area contributed by atoms with E-state index in [4.69, 9.17) is 4.42 Å². The molecule has 1 unspecified atom stereocenters. The van der Waals surface area contributed by atoms with Crippen molar-refractivity contribution in [3.63, 3.8) is 0 Å². The van der Waals surface area contributed by atoms with E-state index in [9.17, 15) is 0 Å². The van der Waals surface area contributed by atoms with Crippen molar-refractivity contribution in [2.45, 2.75) is 32.9 Å². The molecule has 1 heterocycles. The summed E-state index contributed by atoms with van der Waals surface area (Å²) in [6, 6.07) is 13.0. The van der Waals surface area contributed by atoms with E-state index < -0.39 is 0 Å². The number of nitrogens with zero attached hydrogens (tertiary/aromatic N) is 1. The molecule has 1 atom stereocenters. The summed E-state index contributed by atoms with van der Waals surface area (Å²) in [4.78, 5) is 2.31. The predicted octanol–water partition coefficient (Wildman–Crippen LogP) is 3.76. The minimum absolute atomic E-state index is 0.412. The van der Waals surface area contributed by atoms with Gasteiger partial charge in [0, 0.05) is 12.6 Å². The lowest BCUT2D eigenvalue weighted by atomic mass is 9.98. The van der Waals surface area contributed by atoms with Gasteiger partial charge in [-0.15, -0.1) is 0 Å². The van der Waals surface area contributed by atoms with Crippen molar-refractivity contribution in [3.05, 3.63) is 59.5 Å². The van der Waals surface area contributed by atoms with Gasteiger partial charge in [-0.1, -0.05) is 31.2 Å². The van der Waals surface area contributed by atoms with Gasteiger partial charge in [0.25, 0.3) is 0 Å². The first-order chi connectivity index (χ1) is 10.2. The molecule has 0 aliphatic carbocycles. The van der Waals surface area contributed by atoms with Crippen LogP contribution in [-0.2, 0) is 6.54 Å². The van der Waals surface area contributed by atoms with E-state index in [0.717, 1.165) is 31.8 Å². The quantitative estimate of drug-likeness (QED) is 0.801. The lowest BCUT2D eigenvalue weighted by Crippen LogP contribution is -2.27. The molecule has 1 N–H and O–H groups in total. The molecule has 21 heavy (non-hydrogen) atoms. The summed E-state index contributed by atoms with van der Waals surface area (Å²) in [6.45, 7) is 7.23. The molecule has 0 aliphatic rings. The van der Waals surface area contributed by atoms with Crippen molar-refractivity contribution in [2.24, 2.45) is 0 Å². The van der Waals surface area contributed by atoms with Crippen LogP contribution in [0.25, 0.3) is 0 Å². The second kappa shape index (κ2) is 8.01. The van der Waals surface area contributed by atoms with Crippen molar-refractivity contribution < 1.29 is 4.42 Å². The number of hydrogen-bond donors (Lipinski definition) is 1. The Labute approximate surface area is 128 Å². The van der Waals surface area contributed by atoms with E-state index in [1.54, 1.807) is 6.26 Å². The van der Waals surface area contributed by atoms with Crippen LogP contribution in [-0.4, -0.2) is 25.0 Å². The Bertz CT molecular complexity index is 522. The maximum absolute atomic E-state index is 5.40. The molecule has 114 valence electrons. The Morgan fingerprint density at radius 2 is 2.00 bits per heavy atom. The van der Waals surface area contributed by atoms with Gasteiger partial charge in [-0.2, -0.15) is 0 Å². The maximum Gasteiger partial charge on any atom is 0.117 e. The van der Waals surface area contributed by atoms with Gasteiger partial charge in [-0.05, 0) is 50.2 Å². The Balaban J connectivity index is 1.92. The Hall–Kier alpha value is -1.58. The fourth-order valence-corrected chi connectivity index (χ4v) is 2.69. The number of hydrogen-bond acceptors (Lipinski definition) is 3. The van der Waals surface area contributed by atoms with Crippen LogP contribution >= 0.6 is 0 Å². The molecule has 3 nitrogen and oxygen atoms in total. The average Bonchev–Trinajstić information content (AvgIpc) is 2.97. The first-order valence-electron chi connectivity index (χ1n) is 7.70. The van der Waals surface area contributed by atoms with E-state index in [1.807, 2.05) is 12.1 Å². The minimum atomic E-state index is 0.412. The maximum atomic E-state index is 5.40. The normalized spacial score (nSPS) is 12.8. The highest BCUT2D eigenvalue weighted by atomic mass is 16.3. The molecule has 1 aromatic heterocycles. The van der Waals surface area contributed by atoms with Crippen molar-refractivity contribution in [1.29, 1.82) is 0 Å². The zero-order valence-electron chi connectivity index (χ0n) is 13.3. The highest BCUT2D eigenvalue weighted by Crippen LogP contribution is 2.21. The van der Waals surface area contributed by atoms with Crippen LogP contribution in [0.4, 0.5) is 0 Å². The second-order valence-electron chi connectivity index (χ2n) is 5.57. The smallest absolute Gasteiger partial charge is 0.117 e. The molecule has 0 aliphatic heterocycles. The Morgan fingerprint density at radius 3 is 2.67 bits per heavy atom. The summed E-state index contributed by atoms with van der Waals surface area (Å²) < 4.78 is 5.40. The van der Waals surface area contributed by atoms with Crippen LogP contribution in [0.3, 0.4) is 0 Å². The fourth-order valence-electron chi connectivity index (χ4n) is 2.69. The average molecular weight is 286 g/mol. The molecule has 3 heteroatoms. The highest BCUT2D eigenvalue weighted by Gasteiger charge is 2.13. The van der Waals surface area contributed by atoms with Gasteiger partial charge in [0.2, 0.25) is 0 Å². The van der Waals surface area contributed by atoms with Gasteiger partial charge in [0.05, 0.1) is 12.8 Å². The fraction of sp³-hybridized carbons (Fsp3) is 0.444. The molecule has 2 aromatic rings. The molecule has 0 fully saturated rings. The molecular formula is C18H26N2O. The summed E-state index contributed by atoms with van der Waals surface area (Å²) in [5.74, 6) is 1.02. The Kier molecular flexibility index (Phi) is 6.03. The van der Waals surface area contributed by atoms with Gasteiger partial charge >= 0.3 is 0 Å². The number of benzene rings is 1. The topological polar surface area (TPSA) is 28.4 Å². The van der Waals surface area contributed by atoms with Gasteiger partial charge in [-0.3, -0.25) is 4.90 Å². The first kappa shape index (κ1) is 15.8. The summed E-state index contributed by atoms with van der Waals surface area (Å²) in [6.07, 6.45) is 2.83. The zero-order chi connectivity index (χ0) is 15.1. The van der Waals surface area contributed by atoms with Crippen molar-refractivity contribution >= 4 is 0 Å². The molecule has 0 spiro atoms. The van der Waals surface area contributed by atoms with Crippen LogP contribution in [0, 0.1) is 6.92 Å². The number of furan rings is 1. The van der Waals surface area contributed by atoms with Crippen molar-refractivity contribution in [1.82, 2.24) is 10.2 Å².